The van der Waals surface area contributed by atoms with Crippen LogP contribution >= 0.6 is 0 Å². The van der Waals surface area contributed by atoms with Crippen LogP contribution in [0.3, 0.4) is 0 Å². The Morgan fingerprint density at radius 3 is 2.48 bits per heavy atom. The minimum Gasteiger partial charge on any atom is -0.478 e. The molecule has 0 bridgehead atoms. The summed E-state index contributed by atoms with van der Waals surface area (Å²) in [6.07, 6.45) is 1.90. The molecule has 31 heavy (non-hydrogen) atoms. The molecule has 0 aliphatic rings. The largest absolute Gasteiger partial charge is 0.478 e. The van der Waals surface area contributed by atoms with Gasteiger partial charge in [0.2, 0.25) is 17.2 Å². The zero-order valence-corrected chi connectivity index (χ0v) is 15.9. The monoisotopic (exact) mass is 425 g/mol. The second-order valence-corrected chi connectivity index (χ2v) is 6.38. The molecule has 3 rings (SSSR count). The maximum Gasteiger partial charge on any atom is 0.335 e. The fourth-order valence-electron chi connectivity index (χ4n) is 2.58. The molecule has 0 saturated carbocycles. The Kier molecular flexibility index (Phi) is 6.51. The minimum absolute atomic E-state index is 0.0148. The van der Waals surface area contributed by atoms with Crippen molar-refractivity contribution in [3.05, 3.63) is 75.9 Å². The molecule has 0 radical (unpaired) electrons. The van der Waals surface area contributed by atoms with Gasteiger partial charge in [-0.1, -0.05) is 0 Å². The molecule has 0 fully saturated rings. The minimum atomic E-state index is -1.08. The van der Waals surface area contributed by atoms with E-state index in [1.165, 1.54) is 36.4 Å². The number of carbonyl (C=O) groups excluding carboxylic acids is 2. The van der Waals surface area contributed by atoms with E-state index in [4.69, 9.17) is 9.52 Å². The summed E-state index contributed by atoms with van der Waals surface area (Å²) in [5.41, 5.74) is 2.39. The zero-order valence-electron chi connectivity index (χ0n) is 15.9. The van der Waals surface area contributed by atoms with Crippen molar-refractivity contribution in [2.45, 2.75) is 12.8 Å². The number of anilines is 1. The highest BCUT2D eigenvalue weighted by molar-refractivity contribution is 5.94. The van der Waals surface area contributed by atoms with E-state index >= 15 is 0 Å². The highest BCUT2D eigenvalue weighted by Crippen LogP contribution is 2.12. The number of hydrogen-bond acceptors (Lipinski definition) is 6. The van der Waals surface area contributed by atoms with Crippen molar-refractivity contribution in [3.63, 3.8) is 0 Å². The lowest BCUT2D eigenvalue weighted by Gasteiger charge is -2.05. The number of fused-ring (bicyclic) bond motifs is 1. The average Bonchev–Trinajstić information content (AvgIpc) is 2.74. The molecule has 158 valence electrons. The van der Waals surface area contributed by atoms with Gasteiger partial charge in [-0.25, -0.2) is 14.6 Å². The predicted octanol–water partition coefficient (Wildman–Crippen LogP) is 2.50. The Labute approximate surface area is 174 Å². The third-order valence-corrected chi connectivity index (χ3v) is 4.15. The van der Waals surface area contributed by atoms with Gasteiger partial charge in [0.05, 0.1) is 22.7 Å². The first-order chi connectivity index (χ1) is 14.8. The quantitative estimate of drug-likeness (QED) is 0.393. The molecule has 0 atom stereocenters. The van der Waals surface area contributed by atoms with Gasteiger partial charge in [-0.3, -0.25) is 14.4 Å². The number of carboxylic acid groups (broad SMARTS) is 1. The van der Waals surface area contributed by atoms with Crippen LogP contribution in [-0.4, -0.2) is 29.1 Å². The molecule has 3 N–H and O–H groups in total. The van der Waals surface area contributed by atoms with E-state index in [0.29, 0.717) is 5.69 Å². The van der Waals surface area contributed by atoms with Crippen LogP contribution in [0.15, 0.2) is 63.0 Å². The summed E-state index contributed by atoms with van der Waals surface area (Å²) in [5.74, 6) is -2.68. The van der Waals surface area contributed by atoms with Gasteiger partial charge in [-0.2, -0.15) is 5.10 Å². The molecule has 1 aromatic heterocycles. The topological polar surface area (TPSA) is 138 Å². The van der Waals surface area contributed by atoms with E-state index in [-0.39, 0.29) is 34.9 Å². The Hall–Kier alpha value is -4.34. The number of halogens is 1. The summed E-state index contributed by atoms with van der Waals surface area (Å²) in [7, 11) is 0. The Balaban J connectivity index is 1.51. The second kappa shape index (κ2) is 9.44. The molecule has 0 aliphatic heterocycles. The molecule has 9 nitrogen and oxygen atoms in total. The van der Waals surface area contributed by atoms with Gasteiger partial charge >= 0.3 is 5.97 Å². The third-order valence-electron chi connectivity index (χ3n) is 4.15. The summed E-state index contributed by atoms with van der Waals surface area (Å²) < 4.78 is 18.6. The van der Waals surface area contributed by atoms with Gasteiger partial charge < -0.3 is 14.8 Å². The number of hydrazone groups is 1. The first kappa shape index (κ1) is 21.4. The number of rotatable bonds is 7. The molecule has 0 unspecified atom stereocenters. The number of carboxylic acids is 1. The summed E-state index contributed by atoms with van der Waals surface area (Å²) in [5, 5.41) is 15.1. The molecular weight excluding hydrogens is 409 g/mol. The van der Waals surface area contributed by atoms with Gasteiger partial charge in [0.1, 0.15) is 17.7 Å². The van der Waals surface area contributed by atoms with Crippen LogP contribution < -0.4 is 16.2 Å². The van der Waals surface area contributed by atoms with E-state index in [2.05, 4.69) is 15.8 Å². The summed E-state index contributed by atoms with van der Waals surface area (Å²) >= 11 is 0. The van der Waals surface area contributed by atoms with Gasteiger partial charge in [0.25, 0.3) is 0 Å². The van der Waals surface area contributed by atoms with Crippen molar-refractivity contribution in [1.29, 1.82) is 0 Å². The maximum atomic E-state index is 13.3. The van der Waals surface area contributed by atoms with E-state index in [1.54, 1.807) is 0 Å². The lowest BCUT2D eigenvalue weighted by Crippen LogP contribution is -2.21. The molecule has 3 aromatic rings. The van der Waals surface area contributed by atoms with Crippen molar-refractivity contribution >= 4 is 40.7 Å². The van der Waals surface area contributed by atoms with Crippen molar-refractivity contribution in [1.82, 2.24) is 5.43 Å². The molecule has 2 aromatic carbocycles. The van der Waals surface area contributed by atoms with E-state index in [0.717, 1.165) is 18.5 Å². The lowest BCUT2D eigenvalue weighted by atomic mass is 10.2. The van der Waals surface area contributed by atoms with E-state index < -0.39 is 29.0 Å². The number of carbonyl (C=O) groups is 3. The smallest absolute Gasteiger partial charge is 0.335 e. The standard InChI is InChI=1S/C21H16FN3O6/c22-14-3-6-17-16(9-14)20(28)13(11-31-17)10-23-25-19(27)8-7-18(26)24-15-4-1-12(2-5-15)21(29)30/h1-6,9-11H,7-8H2,(H,24,26)(H,25,27)(H,29,30)/b23-10-. The van der Waals surface area contributed by atoms with Crippen LogP contribution in [-0.2, 0) is 9.59 Å². The SMILES string of the molecule is O=C(CCC(=O)Nc1ccc(C(=O)O)cc1)N/N=C\c1coc2ccc(F)cc2c1=O. The lowest BCUT2D eigenvalue weighted by molar-refractivity contribution is -0.124. The molecule has 0 spiro atoms. The Bertz CT molecular complexity index is 1230. The third kappa shape index (κ3) is 5.60. The van der Waals surface area contributed by atoms with Crippen LogP contribution in [0.1, 0.15) is 28.8 Å². The van der Waals surface area contributed by atoms with Crippen LogP contribution in [0.5, 0.6) is 0 Å². The summed E-state index contributed by atoms with van der Waals surface area (Å²) in [4.78, 5) is 46.8. The van der Waals surface area contributed by atoms with Gasteiger partial charge in [-0.15, -0.1) is 0 Å². The maximum absolute atomic E-state index is 13.3. The van der Waals surface area contributed by atoms with Gasteiger partial charge in [0.15, 0.2) is 0 Å². The number of amides is 2. The average molecular weight is 425 g/mol. The fourth-order valence-corrected chi connectivity index (χ4v) is 2.58. The second-order valence-electron chi connectivity index (χ2n) is 6.38. The molecule has 1 heterocycles. The van der Waals surface area contributed by atoms with E-state index in [9.17, 15) is 23.6 Å². The van der Waals surface area contributed by atoms with E-state index in [1.807, 2.05) is 0 Å². The number of aromatic carboxylic acids is 1. The molecule has 0 saturated heterocycles. The zero-order chi connectivity index (χ0) is 22.4. The van der Waals surface area contributed by atoms with Crippen LogP contribution in [0.2, 0.25) is 0 Å². The first-order valence-corrected chi connectivity index (χ1v) is 8.99. The first-order valence-electron chi connectivity index (χ1n) is 8.99. The summed E-state index contributed by atoms with van der Waals surface area (Å²) in [6, 6.07) is 9.11. The van der Waals surface area contributed by atoms with Crippen LogP contribution in [0.4, 0.5) is 10.1 Å². The highest BCUT2D eigenvalue weighted by Gasteiger charge is 2.09. The molecule has 10 heteroatoms. The number of hydrogen-bond donors (Lipinski definition) is 3. The van der Waals surface area contributed by atoms with Gasteiger partial charge in [0, 0.05) is 18.5 Å². The Morgan fingerprint density at radius 2 is 1.77 bits per heavy atom. The number of nitrogens with one attached hydrogen (secondary N) is 2. The molecule has 2 amide bonds. The van der Waals surface area contributed by atoms with Crippen molar-refractivity contribution < 1.29 is 28.3 Å². The van der Waals surface area contributed by atoms with Crippen molar-refractivity contribution in [3.8, 4) is 0 Å². The van der Waals surface area contributed by atoms with Crippen LogP contribution in [0, 0.1) is 5.82 Å². The fraction of sp³-hybridized carbons (Fsp3) is 0.0952. The summed E-state index contributed by atoms with van der Waals surface area (Å²) in [6.45, 7) is 0. The number of nitrogens with zero attached hydrogens (tertiary/aromatic N) is 1. The molecular formula is C21H16FN3O6. The van der Waals surface area contributed by atoms with Crippen molar-refractivity contribution in [2.75, 3.05) is 5.32 Å². The highest BCUT2D eigenvalue weighted by atomic mass is 19.1. The predicted molar refractivity (Wildman–Crippen MR) is 109 cm³/mol. The Morgan fingerprint density at radius 1 is 1.06 bits per heavy atom. The van der Waals surface area contributed by atoms with Crippen LogP contribution in [0.25, 0.3) is 11.0 Å². The number of benzene rings is 2. The molecule has 0 aliphatic carbocycles. The van der Waals surface area contributed by atoms with Gasteiger partial charge in [-0.05, 0) is 42.5 Å². The van der Waals surface area contributed by atoms with Crippen molar-refractivity contribution in [2.24, 2.45) is 5.10 Å². The normalized spacial score (nSPS) is 10.9.